The SMILES string of the molecule is CC[C@H](C)[C@H](NC(=O)[C@H](CCCN=C(N)N)NC(=O)CNC(=O)CNC(=O)[C@H](Cc1ccccc1)NC(=O)[C@@H](C)NC(=O)[C@@H](N)CS)C(=O)N[C@@H](CC(=O)O)C(=O)N[C@@H](CCCN=C(N)N)C(=O)N[C@H](C(=O)N[C@@H](CS)C(=O)N[C@@H](Cc1ccccc1)C(=O)N(C(=O)C1CCC(CN)CC1)[C@H](C=O)CCCN=C(N)N)[C@@H](C)CC. The number of guanidine groups is 3. The third-order valence-electron chi connectivity index (χ3n) is 19.0. The Morgan fingerprint density at radius 1 is 0.500 bits per heavy atom. The molecule has 3 rings (SSSR count). The van der Waals surface area contributed by atoms with Crippen LogP contribution in [0.15, 0.2) is 75.6 Å². The van der Waals surface area contributed by atoms with Gasteiger partial charge in [-0.1, -0.05) is 101 Å². The first kappa shape index (κ1) is 97.5. The van der Waals surface area contributed by atoms with E-state index >= 15 is 4.79 Å². The summed E-state index contributed by atoms with van der Waals surface area (Å²) in [5, 5.41) is 37.8. The highest BCUT2D eigenvalue weighted by Crippen LogP contribution is 2.31. The lowest BCUT2D eigenvalue weighted by molar-refractivity contribution is -0.155. The van der Waals surface area contributed by atoms with Gasteiger partial charge in [0.1, 0.15) is 60.7 Å². The molecule has 1 aliphatic rings. The van der Waals surface area contributed by atoms with Crippen molar-refractivity contribution in [2.45, 2.75) is 197 Å². The average molecular weight is 1640 g/mol. The van der Waals surface area contributed by atoms with Gasteiger partial charge in [-0.2, -0.15) is 25.3 Å². The highest BCUT2D eigenvalue weighted by Gasteiger charge is 2.42. The molecule has 0 spiro atoms. The molecule has 1 saturated carbocycles. The number of nitrogens with one attached hydrogen (secondary N) is 11. The average Bonchev–Trinajstić information content (AvgIpc) is 0.804. The van der Waals surface area contributed by atoms with Gasteiger partial charge in [0.25, 0.3) is 5.91 Å². The fourth-order valence-electron chi connectivity index (χ4n) is 12.0. The highest BCUT2D eigenvalue weighted by atomic mass is 32.1. The number of aldehydes is 1. The lowest BCUT2D eigenvalue weighted by atomic mass is 9.81. The van der Waals surface area contributed by atoms with Gasteiger partial charge in [0.05, 0.1) is 31.6 Å². The summed E-state index contributed by atoms with van der Waals surface area (Å²) in [7, 11) is 0. The van der Waals surface area contributed by atoms with Crippen LogP contribution in [0.3, 0.4) is 0 Å². The molecule has 28 N–H and O–H groups in total. The summed E-state index contributed by atoms with van der Waals surface area (Å²) in [5.41, 5.74) is 46.2. The maximum absolute atomic E-state index is 15.1. The summed E-state index contributed by atoms with van der Waals surface area (Å²) in [5.74, 6) is -16.6. The van der Waals surface area contributed by atoms with Crippen LogP contribution in [0.25, 0.3) is 0 Å². The topological polar surface area (TPSA) is 657 Å². The summed E-state index contributed by atoms with van der Waals surface area (Å²) in [4.78, 5) is 221. The monoisotopic (exact) mass is 1640 g/mol. The minimum absolute atomic E-state index is 0.00537. The highest BCUT2D eigenvalue weighted by molar-refractivity contribution is 7.80. The summed E-state index contributed by atoms with van der Waals surface area (Å²) in [6, 6.07) is 1.12. The summed E-state index contributed by atoms with van der Waals surface area (Å²) >= 11 is 8.39. The van der Waals surface area contributed by atoms with E-state index in [0.717, 1.165) is 4.90 Å². The first-order valence-corrected chi connectivity index (χ1v) is 39.1. The van der Waals surface area contributed by atoms with Gasteiger partial charge >= 0.3 is 5.97 Å². The van der Waals surface area contributed by atoms with Crippen molar-refractivity contribution in [3.8, 4) is 0 Å². The number of aliphatic carboxylic acids is 1. The van der Waals surface area contributed by atoms with E-state index in [0.29, 0.717) is 49.6 Å². The van der Waals surface area contributed by atoms with Gasteiger partial charge in [0.2, 0.25) is 70.9 Å². The molecule has 114 heavy (non-hydrogen) atoms. The van der Waals surface area contributed by atoms with Crippen LogP contribution < -0.4 is 104 Å². The number of thiol groups is 2. The normalized spacial score (nSPS) is 16.4. The number of hydrogen-bond acceptors (Lipinski definition) is 22. The number of hydrogen-bond donors (Lipinski definition) is 22. The van der Waals surface area contributed by atoms with Crippen LogP contribution in [-0.4, -0.2) is 234 Å². The minimum Gasteiger partial charge on any atom is -0.481 e. The smallest absolute Gasteiger partial charge is 0.305 e. The maximum Gasteiger partial charge on any atom is 0.305 e. The molecule has 0 heterocycles. The van der Waals surface area contributed by atoms with Gasteiger partial charge in [-0.3, -0.25) is 87.0 Å². The van der Waals surface area contributed by atoms with E-state index in [4.69, 9.17) is 45.9 Å². The van der Waals surface area contributed by atoms with Crippen LogP contribution in [0.4, 0.5) is 0 Å². The zero-order chi connectivity index (χ0) is 85.1. The number of aliphatic imine (C=N–C) groups is 3. The molecule has 41 heteroatoms. The molecule has 0 saturated heterocycles. The Morgan fingerprint density at radius 3 is 1.39 bits per heavy atom. The van der Waals surface area contributed by atoms with Crippen LogP contribution in [0.2, 0.25) is 0 Å². The van der Waals surface area contributed by atoms with E-state index in [2.05, 4.69) is 98.7 Å². The number of carboxylic acids is 1. The van der Waals surface area contributed by atoms with Gasteiger partial charge < -0.3 is 114 Å². The summed E-state index contributed by atoms with van der Waals surface area (Å²) in [6.07, 6.45) is 1.25. The second kappa shape index (κ2) is 51.9. The van der Waals surface area contributed by atoms with Crippen molar-refractivity contribution in [2.75, 3.05) is 50.8 Å². The number of nitrogens with zero attached hydrogens (tertiary/aromatic N) is 4. The second-order valence-corrected chi connectivity index (χ2v) is 28.6. The molecule has 0 aliphatic heterocycles. The summed E-state index contributed by atoms with van der Waals surface area (Å²) < 4.78 is 0. The Bertz CT molecular complexity index is 3620. The van der Waals surface area contributed by atoms with E-state index in [9.17, 15) is 72.2 Å². The van der Waals surface area contributed by atoms with E-state index in [1.807, 2.05) is 0 Å². The molecule has 13 amide bonds. The Labute approximate surface area is 673 Å². The van der Waals surface area contributed by atoms with Crippen LogP contribution >= 0.6 is 25.3 Å². The van der Waals surface area contributed by atoms with Crippen molar-refractivity contribution < 1.29 is 77.0 Å². The molecule has 39 nitrogen and oxygen atoms in total. The molecule has 0 aromatic heterocycles. The van der Waals surface area contributed by atoms with Crippen molar-refractivity contribution >= 4 is 132 Å². The van der Waals surface area contributed by atoms with Gasteiger partial charge in [-0.05, 0) is 107 Å². The Hall–Kier alpha value is -10.7. The third kappa shape index (κ3) is 35.2. The minimum atomic E-state index is -1.97. The number of carboxylic acid groups (broad SMARTS) is 1. The quantitative estimate of drug-likeness (QED) is 0.00967. The fraction of sp³-hybridized carbons (Fsp3) is 0.589. The first-order valence-electron chi connectivity index (χ1n) is 37.8. The Balaban J connectivity index is 1.91. The Kier molecular flexibility index (Phi) is 44.4. The summed E-state index contributed by atoms with van der Waals surface area (Å²) in [6.45, 7) is 6.74. The molecule has 0 unspecified atom stereocenters. The molecule has 0 bridgehead atoms. The number of amides is 13. The maximum atomic E-state index is 15.1. The number of nitrogens with two attached hydrogens (primary N) is 8. The standard InChI is InChI=1S/C73H117N23O16S2/c1-6-40(3)58(94-63(105)49(22-15-29-83-72(78)79)88-56(99)36-85-55(98)35-86-62(104)51(31-43-17-10-8-11-18-43)90-60(102)42(5)87-61(103)48(75)38-113)67(109)91-52(33-57(100)101)65(107)89-50(23-16-30-84-73(80)81)64(106)95-59(41(4)7-2)68(110)93-54(39-114)66(108)92-53(32-44-19-12-9-13-20-44)70(112)96(47(37-97)21-14-28-82-71(76)77)69(111)46-26-24-45(34-74)25-27-46/h8-13,17-20,37,40-42,45-54,58-59,113-114H,6-7,14-16,21-36,38-39,74-75H2,1-5H3,(H,85,98)(H,86,104)(H,87,103)(H,88,99)(H,89,107)(H,90,102)(H,91,109)(H,92,108)(H,93,110)(H,94,105)(H,95,106)(H,100,101)(H4,76,77,82)(H4,78,79,83)(H4,80,81,84)/t40-,41-,42+,45?,46?,47-,48-,49-,50-,51-,52-,53-,54-,58-,59-/m0/s1. The van der Waals surface area contributed by atoms with E-state index < -0.39 is 192 Å². The van der Waals surface area contributed by atoms with Crippen LogP contribution in [-0.2, 0) is 84.8 Å². The number of imide groups is 1. The molecule has 2 aromatic rings. The number of carbonyl (C=O) groups is 15. The lowest BCUT2D eigenvalue weighted by Crippen LogP contribution is -2.62. The molecule has 0 radical (unpaired) electrons. The number of benzene rings is 2. The van der Waals surface area contributed by atoms with Crippen molar-refractivity contribution in [1.82, 2.24) is 63.4 Å². The largest absolute Gasteiger partial charge is 0.481 e. The van der Waals surface area contributed by atoms with E-state index in [1.54, 1.807) is 88.4 Å². The first-order chi connectivity index (χ1) is 54.1. The van der Waals surface area contributed by atoms with Crippen molar-refractivity contribution in [1.29, 1.82) is 0 Å². The molecule has 13 atom stereocenters. The number of rotatable bonds is 51. The van der Waals surface area contributed by atoms with Crippen molar-refractivity contribution in [2.24, 2.45) is 84.5 Å². The predicted octanol–water partition coefficient (Wildman–Crippen LogP) is -5.31. The molecular formula is C73H117N23O16S2. The van der Waals surface area contributed by atoms with E-state index in [1.165, 1.54) is 6.92 Å². The van der Waals surface area contributed by atoms with Gasteiger partial charge in [0.15, 0.2) is 17.9 Å². The van der Waals surface area contributed by atoms with Crippen molar-refractivity contribution in [3.63, 3.8) is 0 Å². The van der Waals surface area contributed by atoms with Gasteiger partial charge in [0, 0.05) is 49.9 Å². The van der Waals surface area contributed by atoms with Crippen LogP contribution in [0.1, 0.15) is 129 Å². The molecule has 1 aliphatic carbocycles. The fourth-order valence-corrected chi connectivity index (χ4v) is 12.4. The van der Waals surface area contributed by atoms with Crippen LogP contribution in [0, 0.1) is 23.7 Å². The molecule has 2 aromatic carbocycles. The predicted molar refractivity (Wildman–Crippen MR) is 432 cm³/mol. The Morgan fingerprint density at radius 2 is 0.930 bits per heavy atom. The van der Waals surface area contributed by atoms with Crippen molar-refractivity contribution in [3.05, 3.63) is 71.8 Å². The molecule has 1 fully saturated rings. The van der Waals surface area contributed by atoms with Gasteiger partial charge in [-0.25, -0.2) is 0 Å². The van der Waals surface area contributed by atoms with Gasteiger partial charge in [-0.15, -0.1) is 0 Å². The zero-order valence-electron chi connectivity index (χ0n) is 65.1. The number of carbonyl (C=O) groups excluding carboxylic acids is 14. The second-order valence-electron chi connectivity index (χ2n) is 27.9. The van der Waals surface area contributed by atoms with Crippen LogP contribution in [0.5, 0.6) is 0 Å². The van der Waals surface area contributed by atoms with E-state index in [-0.39, 0.29) is 113 Å². The molecular weight excluding hydrogens is 1520 g/mol. The zero-order valence-corrected chi connectivity index (χ0v) is 66.9. The third-order valence-corrected chi connectivity index (χ3v) is 19.8. The molecule has 632 valence electrons. The lowest BCUT2D eigenvalue weighted by Gasteiger charge is -2.35.